The van der Waals surface area contributed by atoms with E-state index in [-0.39, 0.29) is 40.5 Å². The first-order valence-corrected chi connectivity index (χ1v) is 12.5. The summed E-state index contributed by atoms with van der Waals surface area (Å²) in [6.45, 7) is 1.56. The smallest absolute Gasteiger partial charge is 0.266 e. The molecule has 0 N–H and O–H groups in total. The summed E-state index contributed by atoms with van der Waals surface area (Å²) in [5, 5.41) is 9.61. The maximum atomic E-state index is 15.2. The molecule has 0 fully saturated rings. The van der Waals surface area contributed by atoms with Crippen molar-refractivity contribution in [3.8, 4) is 34.9 Å². The minimum atomic E-state index is -0.754. The number of halogens is 2. The summed E-state index contributed by atoms with van der Waals surface area (Å²) in [5.74, 6) is -1.22. The Labute approximate surface area is 238 Å². The zero-order valence-corrected chi connectivity index (χ0v) is 22.6. The Bertz CT molecular complexity index is 1950. The number of rotatable bonds is 8. The molecule has 0 bridgehead atoms. The summed E-state index contributed by atoms with van der Waals surface area (Å²) in [6, 6.07) is 15.4. The van der Waals surface area contributed by atoms with E-state index in [1.807, 2.05) is 6.07 Å². The predicted octanol–water partition coefficient (Wildman–Crippen LogP) is 5.47. The molecule has 11 heteroatoms. The van der Waals surface area contributed by atoms with Crippen molar-refractivity contribution in [2.45, 2.75) is 13.3 Å². The van der Waals surface area contributed by atoms with E-state index in [9.17, 15) is 19.2 Å². The Morgan fingerprint density at radius 3 is 2.40 bits per heavy atom. The van der Waals surface area contributed by atoms with Gasteiger partial charge in [-0.2, -0.15) is 5.26 Å². The number of carbonyl (C=O) groups excluding carboxylic acids is 1. The maximum absolute atomic E-state index is 15.2. The molecule has 0 spiro atoms. The Balaban J connectivity index is 1.44. The van der Waals surface area contributed by atoms with Crippen LogP contribution in [0.1, 0.15) is 27.2 Å². The van der Waals surface area contributed by atoms with Crippen LogP contribution in [0.4, 0.5) is 8.78 Å². The number of nitriles is 1. The van der Waals surface area contributed by atoms with Crippen molar-refractivity contribution in [1.82, 2.24) is 14.5 Å². The Kier molecular flexibility index (Phi) is 7.62. The highest BCUT2D eigenvalue weighted by molar-refractivity contribution is 5.97. The van der Waals surface area contributed by atoms with Crippen molar-refractivity contribution in [2.24, 2.45) is 0 Å². The van der Waals surface area contributed by atoms with Crippen LogP contribution in [0, 0.1) is 29.9 Å². The van der Waals surface area contributed by atoms with Crippen LogP contribution in [0.2, 0.25) is 0 Å². The van der Waals surface area contributed by atoms with E-state index in [2.05, 4.69) is 9.97 Å². The molecule has 0 saturated carbocycles. The first kappa shape index (κ1) is 27.9. The molecule has 0 unspecified atom stereocenters. The van der Waals surface area contributed by atoms with E-state index in [1.54, 1.807) is 13.0 Å². The number of benzene rings is 2. The number of Topliss-reactive ketones (excluding diaryl/α,β-unsaturated/α-hetero) is 1. The van der Waals surface area contributed by atoms with E-state index in [0.29, 0.717) is 28.2 Å². The molecule has 0 radical (unpaired) electrons. The Morgan fingerprint density at radius 1 is 0.976 bits per heavy atom. The van der Waals surface area contributed by atoms with Crippen LogP contribution < -0.4 is 19.8 Å². The molecule has 42 heavy (non-hydrogen) atoms. The maximum Gasteiger partial charge on any atom is 0.266 e. The van der Waals surface area contributed by atoms with Gasteiger partial charge in [-0.15, -0.1) is 0 Å². The van der Waals surface area contributed by atoms with E-state index in [0.717, 1.165) is 6.07 Å². The monoisotopic (exact) mass is 568 g/mol. The zero-order valence-electron chi connectivity index (χ0n) is 22.6. The fraction of sp³-hybridized carbons (Fsp3) is 0.129. The number of fused-ring (bicyclic) bond motifs is 1. The van der Waals surface area contributed by atoms with E-state index < -0.39 is 23.0 Å². The van der Waals surface area contributed by atoms with Crippen LogP contribution in [-0.2, 0) is 6.42 Å². The van der Waals surface area contributed by atoms with Gasteiger partial charge in [0.1, 0.15) is 17.4 Å². The third kappa shape index (κ3) is 5.25. The molecule has 9 nitrogen and oxygen atoms in total. The second kappa shape index (κ2) is 11.5. The molecule has 5 rings (SSSR count). The van der Waals surface area contributed by atoms with Gasteiger partial charge in [-0.1, -0.05) is 6.07 Å². The lowest BCUT2D eigenvalue weighted by molar-refractivity contribution is 0.0991. The largest absolute Gasteiger partial charge is 0.491 e. The average Bonchev–Trinajstić information content (AvgIpc) is 2.99. The van der Waals surface area contributed by atoms with Crippen molar-refractivity contribution in [2.75, 3.05) is 14.2 Å². The number of ether oxygens (including phenoxy) is 3. The minimum absolute atomic E-state index is 0.102. The molecule has 0 amide bonds. The lowest BCUT2D eigenvalue weighted by Gasteiger charge is -2.14. The quantitative estimate of drug-likeness (QED) is 0.226. The number of methoxy groups -OCH3 is 2. The van der Waals surface area contributed by atoms with Gasteiger partial charge in [-0.3, -0.25) is 19.1 Å². The molecule has 5 aromatic rings. The topological polar surface area (TPSA) is 116 Å². The van der Waals surface area contributed by atoms with Crippen molar-refractivity contribution < 1.29 is 27.8 Å². The van der Waals surface area contributed by atoms with E-state index >= 15 is 4.39 Å². The van der Waals surface area contributed by atoms with Gasteiger partial charge >= 0.3 is 0 Å². The fourth-order valence-corrected chi connectivity index (χ4v) is 4.44. The average molecular weight is 569 g/mol. The van der Waals surface area contributed by atoms with Crippen molar-refractivity contribution in [3.05, 3.63) is 111 Å². The van der Waals surface area contributed by atoms with Crippen molar-refractivity contribution in [3.63, 3.8) is 0 Å². The van der Waals surface area contributed by atoms with Gasteiger partial charge in [0.25, 0.3) is 11.4 Å². The summed E-state index contributed by atoms with van der Waals surface area (Å²) in [5.41, 5.74) is 0.811. The van der Waals surface area contributed by atoms with Crippen LogP contribution in [0.25, 0.3) is 16.7 Å². The molecular weight excluding hydrogens is 546 g/mol. The molecule has 210 valence electrons. The van der Waals surface area contributed by atoms with Crippen molar-refractivity contribution >= 4 is 16.8 Å². The number of ketones is 1. The molecule has 3 aromatic heterocycles. The standard InChI is InChI=1S/C31H22F2N4O5/c1-17-19(16-34)14-22(31(39)37(17)21-7-5-20(32)6-8-21)25(38)13-18-4-9-26(23(33)12-18)42-27-10-11-35-24-15-28(40-2)30(41-3)36-29(24)27/h4-12,14-15H,13H2,1-3H3. The van der Waals surface area contributed by atoms with Crippen LogP contribution in [0.5, 0.6) is 23.1 Å². The second-order valence-electron chi connectivity index (χ2n) is 9.13. The number of nitrogens with zero attached hydrogens (tertiary/aromatic N) is 4. The first-order valence-electron chi connectivity index (χ1n) is 12.5. The highest BCUT2D eigenvalue weighted by atomic mass is 19.1. The van der Waals surface area contributed by atoms with Crippen molar-refractivity contribution in [1.29, 1.82) is 5.26 Å². The zero-order chi connectivity index (χ0) is 30.0. The lowest BCUT2D eigenvalue weighted by Crippen LogP contribution is -2.28. The number of pyridine rings is 3. The first-order chi connectivity index (χ1) is 20.2. The van der Waals surface area contributed by atoms with Crippen LogP contribution in [0.15, 0.2) is 71.7 Å². The summed E-state index contributed by atoms with van der Waals surface area (Å²) < 4.78 is 46.1. The summed E-state index contributed by atoms with van der Waals surface area (Å²) >= 11 is 0. The van der Waals surface area contributed by atoms with Gasteiger partial charge in [-0.05, 0) is 55.0 Å². The fourth-order valence-electron chi connectivity index (χ4n) is 4.44. The van der Waals surface area contributed by atoms with Gasteiger partial charge in [-0.25, -0.2) is 13.8 Å². The Hall–Kier alpha value is -5.63. The third-order valence-electron chi connectivity index (χ3n) is 6.55. The van der Waals surface area contributed by atoms with Crippen LogP contribution >= 0.6 is 0 Å². The summed E-state index contributed by atoms with van der Waals surface area (Å²) in [7, 11) is 2.90. The normalized spacial score (nSPS) is 10.8. The van der Waals surface area contributed by atoms with Gasteiger partial charge in [0.05, 0.1) is 30.9 Å². The predicted molar refractivity (Wildman–Crippen MR) is 149 cm³/mol. The Morgan fingerprint density at radius 2 is 1.74 bits per heavy atom. The number of hydrogen-bond acceptors (Lipinski definition) is 8. The van der Waals surface area contributed by atoms with Gasteiger partial charge in [0.15, 0.2) is 28.8 Å². The number of carbonyl (C=O) groups is 1. The van der Waals surface area contributed by atoms with Crippen LogP contribution in [-0.4, -0.2) is 34.5 Å². The highest BCUT2D eigenvalue weighted by Crippen LogP contribution is 2.34. The highest BCUT2D eigenvalue weighted by Gasteiger charge is 2.20. The van der Waals surface area contributed by atoms with Gasteiger partial charge in [0.2, 0.25) is 0 Å². The second-order valence-corrected chi connectivity index (χ2v) is 9.13. The molecule has 0 saturated heterocycles. The number of aromatic nitrogens is 3. The molecule has 0 aliphatic carbocycles. The summed E-state index contributed by atoms with van der Waals surface area (Å²) in [4.78, 5) is 35.1. The van der Waals surface area contributed by atoms with E-state index in [4.69, 9.17) is 14.2 Å². The number of hydrogen-bond donors (Lipinski definition) is 0. The molecule has 2 aromatic carbocycles. The van der Waals surface area contributed by atoms with Crippen LogP contribution in [0.3, 0.4) is 0 Å². The van der Waals surface area contributed by atoms with Gasteiger partial charge in [0, 0.05) is 36.1 Å². The van der Waals surface area contributed by atoms with E-state index in [1.165, 1.54) is 73.5 Å². The molecule has 0 atom stereocenters. The SMILES string of the molecule is COc1cc2nccc(Oc3ccc(CC(=O)c4cc(C#N)c(C)n(-c5ccc(F)cc5)c4=O)cc3F)c2nc1OC. The molecule has 0 aliphatic heterocycles. The third-order valence-corrected chi connectivity index (χ3v) is 6.55. The lowest BCUT2D eigenvalue weighted by atomic mass is 10.0. The minimum Gasteiger partial charge on any atom is -0.491 e. The molecule has 3 heterocycles. The molecule has 0 aliphatic rings. The summed E-state index contributed by atoms with van der Waals surface area (Å²) in [6.07, 6.45) is 1.16. The molecular formula is C31H22F2N4O5. The van der Waals surface area contributed by atoms with Gasteiger partial charge < -0.3 is 14.2 Å².